The predicted molar refractivity (Wildman–Crippen MR) is 155 cm³/mol. The van der Waals surface area contributed by atoms with Crippen molar-refractivity contribution in [2.75, 3.05) is 26.7 Å². The molecule has 1 heterocycles. The molecular weight excluding hydrogens is 522 g/mol. The third-order valence-corrected chi connectivity index (χ3v) is 7.78. The van der Waals surface area contributed by atoms with Crippen LogP contribution in [0.2, 0.25) is 0 Å². The molecule has 218 valence electrons. The van der Waals surface area contributed by atoms with Crippen LogP contribution in [0.1, 0.15) is 57.9 Å². The van der Waals surface area contributed by atoms with Crippen molar-refractivity contribution in [2.24, 2.45) is 5.92 Å². The van der Waals surface area contributed by atoms with Gasteiger partial charge in [-0.3, -0.25) is 19.3 Å². The number of ether oxygens (including phenoxy) is 2. The molecule has 0 saturated carbocycles. The number of rotatable bonds is 10. The number of carbonyl (C=O) groups is 4. The fourth-order valence-corrected chi connectivity index (χ4v) is 5.82. The van der Waals surface area contributed by atoms with Crippen molar-refractivity contribution in [3.63, 3.8) is 0 Å². The Bertz CT molecular complexity index is 1290. The van der Waals surface area contributed by atoms with E-state index in [1.165, 1.54) is 11.9 Å². The Balaban J connectivity index is 1.46. The first-order valence-electron chi connectivity index (χ1n) is 14.6. The third kappa shape index (κ3) is 6.78. The SMILES string of the molecule is [3H]C(=C)OC(=O)C[C@H](NC(=O)[C@H](C(C)C)N(C)C(=O)OCC1c2ccccc2-c2ccccc21)C(=O)N1CCCCC1. The van der Waals surface area contributed by atoms with Gasteiger partial charge in [-0.1, -0.05) is 69.0 Å². The van der Waals surface area contributed by atoms with Gasteiger partial charge in [0, 0.05) is 26.1 Å². The minimum Gasteiger partial charge on any atom is -0.448 e. The molecular formula is C32H39N3O6. The number of hydrogen-bond donors (Lipinski definition) is 1. The zero-order valence-electron chi connectivity index (χ0n) is 24.9. The number of carbonyl (C=O) groups excluding carboxylic acids is 4. The number of hydrogen-bond acceptors (Lipinski definition) is 6. The quantitative estimate of drug-likeness (QED) is 0.338. The molecule has 3 amide bonds. The fraction of sp³-hybridized carbons (Fsp3) is 0.438. The Morgan fingerprint density at radius 2 is 1.63 bits per heavy atom. The van der Waals surface area contributed by atoms with Crippen LogP contribution in [0.3, 0.4) is 0 Å². The highest BCUT2D eigenvalue weighted by molar-refractivity contribution is 5.93. The number of nitrogens with one attached hydrogen (secondary N) is 1. The average Bonchev–Trinajstić information content (AvgIpc) is 3.28. The second kappa shape index (κ2) is 13.5. The number of likely N-dealkylation sites (tertiary alicyclic amines) is 1. The standard InChI is InChI=1S/C32H39N3O6/c1-5-40-28(36)19-27(31(38)35-17-11-6-12-18-35)33-30(37)29(21(2)3)34(4)32(39)41-20-26-24-15-9-7-13-22(24)23-14-8-10-16-25(23)26/h5,7-10,13-16,21,26-27,29H,1,6,11-12,17-20H2,2-4H3,(H,33,37)/t27-,29-/m0/s1/i5T. The maximum absolute atomic E-state index is 13.6. The summed E-state index contributed by atoms with van der Waals surface area (Å²) in [5.74, 6) is -2.31. The Morgan fingerprint density at radius 1 is 1.05 bits per heavy atom. The highest BCUT2D eigenvalue weighted by Crippen LogP contribution is 2.44. The lowest BCUT2D eigenvalue weighted by molar-refractivity contribution is -0.145. The van der Waals surface area contributed by atoms with E-state index in [2.05, 4.69) is 24.0 Å². The van der Waals surface area contributed by atoms with E-state index in [1.807, 2.05) is 36.4 Å². The molecule has 2 aromatic rings. The predicted octanol–water partition coefficient (Wildman–Crippen LogP) is 4.47. The van der Waals surface area contributed by atoms with Gasteiger partial charge >= 0.3 is 12.1 Å². The molecule has 0 unspecified atom stereocenters. The molecule has 1 aliphatic carbocycles. The summed E-state index contributed by atoms with van der Waals surface area (Å²) in [5, 5.41) is 2.69. The number of nitrogens with zero attached hydrogens (tertiary/aromatic N) is 2. The summed E-state index contributed by atoms with van der Waals surface area (Å²) in [6, 6.07) is 13.9. The van der Waals surface area contributed by atoms with Gasteiger partial charge < -0.3 is 19.7 Å². The van der Waals surface area contributed by atoms with Crippen molar-refractivity contribution in [2.45, 2.75) is 57.5 Å². The number of esters is 1. The van der Waals surface area contributed by atoms with Gasteiger partial charge in [0.25, 0.3) is 0 Å². The van der Waals surface area contributed by atoms with Crippen LogP contribution < -0.4 is 5.32 Å². The van der Waals surface area contributed by atoms with Crippen molar-refractivity contribution in [1.82, 2.24) is 15.1 Å². The summed E-state index contributed by atoms with van der Waals surface area (Å²) in [5.41, 5.74) is 4.37. The second-order valence-corrected chi connectivity index (χ2v) is 10.9. The monoisotopic (exact) mass is 563 g/mol. The molecule has 2 aromatic carbocycles. The summed E-state index contributed by atoms with van der Waals surface area (Å²) in [6.07, 6.45) is 0.986. The van der Waals surface area contributed by atoms with Crippen LogP contribution in [0.4, 0.5) is 4.79 Å². The lowest BCUT2D eigenvalue weighted by Gasteiger charge is -2.33. The van der Waals surface area contributed by atoms with Gasteiger partial charge in [-0.25, -0.2) is 4.79 Å². The number of fused-ring (bicyclic) bond motifs is 3. The lowest BCUT2D eigenvalue weighted by Crippen LogP contribution is -2.57. The third-order valence-electron chi connectivity index (χ3n) is 7.78. The van der Waals surface area contributed by atoms with E-state index in [4.69, 9.17) is 10.8 Å². The van der Waals surface area contributed by atoms with Crippen molar-refractivity contribution >= 4 is 23.9 Å². The Kier molecular flexibility index (Phi) is 9.33. The summed E-state index contributed by atoms with van der Waals surface area (Å²) in [4.78, 5) is 55.4. The first-order valence-corrected chi connectivity index (χ1v) is 14.1. The van der Waals surface area contributed by atoms with Gasteiger partial charge in [-0.05, 0) is 47.4 Å². The molecule has 9 heteroatoms. The number of piperidine rings is 1. The number of benzene rings is 2. The first kappa shape index (κ1) is 28.4. The molecule has 0 bridgehead atoms. The van der Waals surface area contributed by atoms with Crippen LogP contribution in [-0.4, -0.2) is 72.5 Å². The molecule has 4 rings (SSSR count). The largest absolute Gasteiger partial charge is 0.448 e. The van der Waals surface area contributed by atoms with Crippen molar-refractivity contribution in [3.8, 4) is 11.1 Å². The molecule has 1 N–H and O–H groups in total. The molecule has 41 heavy (non-hydrogen) atoms. The molecule has 9 nitrogen and oxygen atoms in total. The maximum Gasteiger partial charge on any atom is 0.410 e. The summed E-state index contributed by atoms with van der Waals surface area (Å²) in [7, 11) is 1.49. The van der Waals surface area contributed by atoms with Crippen LogP contribution >= 0.6 is 0 Å². The lowest BCUT2D eigenvalue weighted by atomic mass is 9.98. The first-order chi connectivity index (χ1) is 20.1. The topological polar surface area (TPSA) is 105 Å². The van der Waals surface area contributed by atoms with Crippen LogP contribution in [0, 0.1) is 5.92 Å². The minimum atomic E-state index is -1.21. The molecule has 2 aliphatic rings. The van der Waals surface area contributed by atoms with E-state index in [1.54, 1.807) is 18.7 Å². The Hall–Kier alpha value is -4.14. The summed E-state index contributed by atoms with van der Waals surface area (Å²) in [6.45, 7) is 7.98. The molecule has 2 atom stereocenters. The van der Waals surface area contributed by atoms with Gasteiger partial charge in [-0.15, -0.1) is 0 Å². The smallest absolute Gasteiger partial charge is 0.410 e. The molecule has 1 aliphatic heterocycles. The van der Waals surface area contributed by atoms with Crippen LogP contribution in [0.5, 0.6) is 0 Å². The van der Waals surface area contributed by atoms with Gasteiger partial charge in [0.1, 0.15) is 20.1 Å². The number of likely N-dealkylation sites (N-methyl/N-ethyl adjacent to an activating group) is 1. The molecule has 0 radical (unpaired) electrons. The van der Waals surface area contributed by atoms with E-state index in [0.29, 0.717) is 13.1 Å². The van der Waals surface area contributed by atoms with Crippen LogP contribution in [0.15, 0.2) is 61.3 Å². The average molecular weight is 564 g/mol. The zero-order valence-corrected chi connectivity index (χ0v) is 23.9. The molecule has 0 aromatic heterocycles. The van der Waals surface area contributed by atoms with Gasteiger partial charge in [-0.2, -0.15) is 0 Å². The van der Waals surface area contributed by atoms with E-state index < -0.39 is 48.6 Å². The van der Waals surface area contributed by atoms with E-state index in [9.17, 15) is 19.2 Å². The normalized spacial score (nSPS) is 16.1. The van der Waals surface area contributed by atoms with E-state index >= 15 is 0 Å². The van der Waals surface area contributed by atoms with E-state index in [0.717, 1.165) is 41.5 Å². The molecule has 0 spiro atoms. The van der Waals surface area contributed by atoms with Crippen LogP contribution in [0.25, 0.3) is 11.1 Å². The summed E-state index contributed by atoms with van der Waals surface area (Å²) < 4.78 is 17.8. The molecule has 1 saturated heterocycles. The Morgan fingerprint density at radius 3 is 2.20 bits per heavy atom. The van der Waals surface area contributed by atoms with Gasteiger partial charge in [0.15, 0.2) is 0 Å². The fourth-order valence-electron chi connectivity index (χ4n) is 5.82. The summed E-state index contributed by atoms with van der Waals surface area (Å²) >= 11 is 0. The van der Waals surface area contributed by atoms with Crippen molar-refractivity contribution < 1.29 is 30.0 Å². The van der Waals surface area contributed by atoms with Gasteiger partial charge in [0.2, 0.25) is 11.8 Å². The van der Waals surface area contributed by atoms with Crippen molar-refractivity contribution in [1.29, 1.82) is 0 Å². The Labute approximate surface area is 242 Å². The zero-order chi connectivity index (χ0) is 30.4. The highest BCUT2D eigenvalue weighted by atomic mass is 16.6. The minimum absolute atomic E-state index is 0.0998. The van der Waals surface area contributed by atoms with Crippen molar-refractivity contribution in [3.05, 3.63) is 72.5 Å². The maximum atomic E-state index is 13.6. The van der Waals surface area contributed by atoms with Crippen LogP contribution in [-0.2, 0) is 23.9 Å². The number of amides is 3. The second-order valence-electron chi connectivity index (χ2n) is 10.9. The highest BCUT2D eigenvalue weighted by Gasteiger charge is 2.37. The molecule has 1 fully saturated rings. The van der Waals surface area contributed by atoms with Gasteiger partial charge in [0.05, 0.1) is 12.7 Å². The van der Waals surface area contributed by atoms with E-state index in [-0.39, 0.29) is 18.4 Å².